The van der Waals surface area contributed by atoms with Crippen LogP contribution in [0.5, 0.6) is 5.06 Å². The Labute approximate surface area is 77.7 Å². The SMILES string of the molecule is O=C(O)Oc1sc(=O)[nH]c1C(F)(F)F. The minimum absolute atomic E-state index is 0.0354. The molecule has 0 aliphatic carbocycles. The Morgan fingerprint density at radius 3 is 2.50 bits per heavy atom. The van der Waals surface area contributed by atoms with Crippen LogP contribution in [0.4, 0.5) is 18.0 Å². The number of hydrogen-bond acceptors (Lipinski definition) is 4. The van der Waals surface area contributed by atoms with Crippen LogP contribution in [0.2, 0.25) is 0 Å². The zero-order valence-corrected chi connectivity index (χ0v) is 7.03. The molecule has 0 aliphatic rings. The maximum Gasteiger partial charge on any atom is 0.512 e. The number of thiazole rings is 1. The summed E-state index contributed by atoms with van der Waals surface area (Å²) in [4.78, 5) is 20.9. The van der Waals surface area contributed by atoms with Gasteiger partial charge in [0.25, 0.3) is 0 Å². The summed E-state index contributed by atoms with van der Waals surface area (Å²) in [6, 6.07) is 0. The van der Waals surface area contributed by atoms with E-state index in [9.17, 15) is 22.8 Å². The second kappa shape index (κ2) is 3.33. The van der Waals surface area contributed by atoms with Gasteiger partial charge in [0.2, 0.25) is 5.06 Å². The van der Waals surface area contributed by atoms with Crippen molar-refractivity contribution in [3.8, 4) is 5.06 Å². The Morgan fingerprint density at radius 2 is 2.07 bits per heavy atom. The number of carboxylic acid groups (broad SMARTS) is 1. The highest BCUT2D eigenvalue weighted by atomic mass is 32.1. The third-order valence-corrected chi connectivity index (χ3v) is 1.84. The molecule has 0 fully saturated rings. The molecular weight excluding hydrogens is 227 g/mol. The summed E-state index contributed by atoms with van der Waals surface area (Å²) in [5.41, 5.74) is -1.49. The zero-order valence-electron chi connectivity index (χ0n) is 6.21. The summed E-state index contributed by atoms with van der Waals surface area (Å²) in [6.07, 6.45) is -6.75. The largest absolute Gasteiger partial charge is 0.512 e. The van der Waals surface area contributed by atoms with Crippen molar-refractivity contribution in [2.45, 2.75) is 6.18 Å². The Kier molecular flexibility index (Phi) is 2.51. The summed E-state index contributed by atoms with van der Waals surface area (Å²) in [6.45, 7) is 0. The lowest BCUT2D eigenvalue weighted by Gasteiger charge is -2.04. The Morgan fingerprint density at radius 1 is 1.50 bits per heavy atom. The molecule has 0 aromatic carbocycles. The van der Waals surface area contributed by atoms with Gasteiger partial charge in [-0.05, 0) is 11.3 Å². The van der Waals surface area contributed by atoms with E-state index in [4.69, 9.17) is 5.11 Å². The molecule has 0 amide bonds. The number of ether oxygens (including phenoxy) is 1. The number of aromatic amines is 1. The van der Waals surface area contributed by atoms with Crippen LogP contribution in [0, 0.1) is 0 Å². The van der Waals surface area contributed by atoms with Crippen molar-refractivity contribution in [3.05, 3.63) is 15.4 Å². The van der Waals surface area contributed by atoms with E-state index in [0.29, 0.717) is 0 Å². The topological polar surface area (TPSA) is 79.4 Å². The maximum atomic E-state index is 12.1. The highest BCUT2D eigenvalue weighted by Crippen LogP contribution is 2.35. The van der Waals surface area contributed by atoms with Gasteiger partial charge in [-0.25, -0.2) is 4.79 Å². The molecule has 2 N–H and O–H groups in total. The van der Waals surface area contributed by atoms with Crippen molar-refractivity contribution in [1.29, 1.82) is 0 Å². The van der Waals surface area contributed by atoms with Gasteiger partial charge in [0.05, 0.1) is 0 Å². The molecule has 0 bridgehead atoms. The van der Waals surface area contributed by atoms with E-state index in [2.05, 4.69) is 4.74 Å². The molecule has 0 spiro atoms. The third-order valence-electron chi connectivity index (χ3n) is 1.08. The minimum Gasteiger partial charge on any atom is -0.449 e. The third kappa shape index (κ3) is 2.25. The minimum atomic E-state index is -4.84. The first kappa shape index (κ1) is 10.6. The molecular formula is C5H2F3NO4S. The molecule has 0 saturated heterocycles. The Hall–Kier alpha value is -1.51. The lowest BCUT2D eigenvalue weighted by molar-refractivity contribution is -0.141. The fourth-order valence-corrected chi connectivity index (χ4v) is 1.35. The first-order valence-electron chi connectivity index (χ1n) is 3.02. The molecule has 1 heterocycles. The number of aromatic nitrogens is 1. The molecule has 0 atom stereocenters. The van der Waals surface area contributed by atoms with Crippen LogP contribution in [-0.4, -0.2) is 16.2 Å². The van der Waals surface area contributed by atoms with Gasteiger partial charge in [-0.3, -0.25) is 4.79 Å². The summed E-state index contributed by atoms with van der Waals surface area (Å²) >= 11 is 0.0354. The predicted molar refractivity (Wildman–Crippen MR) is 38.6 cm³/mol. The molecule has 1 rings (SSSR count). The number of alkyl halides is 3. The average Bonchev–Trinajstić information content (AvgIpc) is 2.28. The van der Waals surface area contributed by atoms with Crippen molar-refractivity contribution >= 4 is 17.5 Å². The van der Waals surface area contributed by atoms with E-state index in [0.717, 1.165) is 0 Å². The van der Waals surface area contributed by atoms with Gasteiger partial charge in [0, 0.05) is 0 Å². The number of nitrogens with one attached hydrogen (secondary N) is 1. The second-order valence-electron chi connectivity index (χ2n) is 2.04. The number of rotatable bonds is 1. The second-order valence-corrected chi connectivity index (χ2v) is 2.99. The van der Waals surface area contributed by atoms with Crippen LogP contribution in [-0.2, 0) is 6.18 Å². The van der Waals surface area contributed by atoms with Gasteiger partial charge in [-0.1, -0.05) is 0 Å². The fourth-order valence-electron chi connectivity index (χ4n) is 0.652. The van der Waals surface area contributed by atoms with Gasteiger partial charge in [0.1, 0.15) is 0 Å². The fraction of sp³-hybridized carbons (Fsp3) is 0.200. The first-order valence-corrected chi connectivity index (χ1v) is 3.83. The van der Waals surface area contributed by atoms with Crippen LogP contribution in [0.15, 0.2) is 4.79 Å². The lowest BCUT2D eigenvalue weighted by atomic mass is 10.5. The molecule has 0 radical (unpaired) electrons. The van der Waals surface area contributed by atoms with Gasteiger partial charge >= 0.3 is 17.2 Å². The van der Waals surface area contributed by atoms with Gasteiger partial charge < -0.3 is 14.8 Å². The maximum absolute atomic E-state index is 12.1. The average molecular weight is 229 g/mol. The number of hydrogen-bond donors (Lipinski definition) is 2. The van der Waals surface area contributed by atoms with Crippen LogP contribution >= 0.6 is 11.3 Å². The lowest BCUT2D eigenvalue weighted by Crippen LogP contribution is -2.11. The van der Waals surface area contributed by atoms with Crippen molar-refractivity contribution in [2.75, 3.05) is 0 Å². The normalized spacial score (nSPS) is 11.4. The van der Waals surface area contributed by atoms with Crippen molar-refractivity contribution in [1.82, 2.24) is 4.98 Å². The molecule has 0 unspecified atom stereocenters. The highest BCUT2D eigenvalue weighted by Gasteiger charge is 2.38. The molecule has 1 aromatic rings. The standard InChI is InChI=1S/C5H2F3NO4S/c6-5(7,8)1-2(13-4(11)12)14-3(10)9-1/h(H,9,10)(H,11,12). The molecule has 5 nitrogen and oxygen atoms in total. The summed E-state index contributed by atoms with van der Waals surface area (Å²) in [7, 11) is 0. The summed E-state index contributed by atoms with van der Waals surface area (Å²) < 4.78 is 40.0. The van der Waals surface area contributed by atoms with E-state index < -0.39 is 28.0 Å². The monoisotopic (exact) mass is 229 g/mol. The van der Waals surface area contributed by atoms with Crippen molar-refractivity contribution in [3.63, 3.8) is 0 Å². The Balaban J connectivity index is 3.16. The number of carbonyl (C=O) groups is 1. The van der Waals surface area contributed by atoms with Crippen LogP contribution < -0.4 is 9.61 Å². The van der Waals surface area contributed by atoms with Gasteiger partial charge in [-0.2, -0.15) is 13.2 Å². The summed E-state index contributed by atoms with van der Waals surface area (Å²) in [5, 5.41) is 7.06. The molecule has 78 valence electrons. The van der Waals surface area contributed by atoms with Crippen molar-refractivity contribution < 1.29 is 27.8 Å². The van der Waals surface area contributed by atoms with Gasteiger partial charge in [0.15, 0.2) is 5.69 Å². The van der Waals surface area contributed by atoms with E-state index in [1.165, 1.54) is 4.98 Å². The molecule has 1 aromatic heterocycles. The van der Waals surface area contributed by atoms with E-state index in [1.807, 2.05) is 0 Å². The molecule has 14 heavy (non-hydrogen) atoms. The van der Waals surface area contributed by atoms with Crippen LogP contribution in [0.25, 0.3) is 0 Å². The predicted octanol–water partition coefficient (Wildman–Crippen LogP) is 1.51. The number of H-pyrrole nitrogens is 1. The van der Waals surface area contributed by atoms with Crippen LogP contribution in [0.3, 0.4) is 0 Å². The van der Waals surface area contributed by atoms with Crippen LogP contribution in [0.1, 0.15) is 5.69 Å². The molecule has 0 saturated carbocycles. The number of halogens is 3. The van der Waals surface area contributed by atoms with E-state index in [-0.39, 0.29) is 11.3 Å². The zero-order chi connectivity index (χ0) is 10.9. The molecule has 9 heteroatoms. The quantitative estimate of drug-likeness (QED) is 0.715. The highest BCUT2D eigenvalue weighted by molar-refractivity contribution is 7.11. The van der Waals surface area contributed by atoms with Crippen molar-refractivity contribution in [2.24, 2.45) is 0 Å². The van der Waals surface area contributed by atoms with E-state index in [1.54, 1.807) is 0 Å². The summed E-state index contributed by atoms with van der Waals surface area (Å²) in [5.74, 6) is 0. The smallest absolute Gasteiger partial charge is 0.449 e. The van der Waals surface area contributed by atoms with E-state index >= 15 is 0 Å². The van der Waals surface area contributed by atoms with Gasteiger partial charge in [-0.15, -0.1) is 0 Å². The molecule has 0 aliphatic heterocycles. The Bertz CT molecular complexity index is 406. The first-order chi connectivity index (χ1) is 6.30.